The minimum Gasteiger partial charge on any atom is -0.493 e. The van der Waals surface area contributed by atoms with Crippen LogP contribution in [-0.2, 0) is 4.89 Å². The molecule has 2 aromatic carbocycles. The van der Waals surface area contributed by atoms with Crippen LogP contribution in [0.25, 0.3) is 33.2 Å². The van der Waals surface area contributed by atoms with E-state index < -0.39 is 0 Å². The van der Waals surface area contributed by atoms with Crippen LogP contribution in [0.5, 0.6) is 17.4 Å². The van der Waals surface area contributed by atoms with Gasteiger partial charge in [0.15, 0.2) is 11.5 Å². The third-order valence-electron chi connectivity index (χ3n) is 4.91. The van der Waals surface area contributed by atoms with Crippen LogP contribution in [0.15, 0.2) is 54.7 Å². The van der Waals surface area contributed by atoms with E-state index in [1.807, 2.05) is 42.5 Å². The van der Waals surface area contributed by atoms with Gasteiger partial charge in [-0.1, -0.05) is 18.2 Å². The summed E-state index contributed by atoms with van der Waals surface area (Å²) in [5.74, 6) is 1.83. The number of rotatable bonds is 6. The molecule has 158 valence electrons. The molecule has 0 amide bonds. The molecule has 2 aromatic heterocycles. The molecule has 0 fully saturated rings. The van der Waals surface area contributed by atoms with Gasteiger partial charge in [-0.2, -0.15) is 4.89 Å². The van der Waals surface area contributed by atoms with Gasteiger partial charge < -0.3 is 25.8 Å². The van der Waals surface area contributed by atoms with Crippen molar-refractivity contribution in [3.63, 3.8) is 0 Å². The summed E-state index contributed by atoms with van der Waals surface area (Å²) < 4.78 is 11.0. The van der Waals surface area contributed by atoms with Gasteiger partial charge in [0.1, 0.15) is 5.82 Å². The zero-order valence-corrected chi connectivity index (χ0v) is 17.4. The maximum absolute atomic E-state index is 6.29. The van der Waals surface area contributed by atoms with E-state index in [1.54, 1.807) is 26.5 Å². The quantitative estimate of drug-likeness (QED) is 0.355. The normalized spacial score (nSPS) is 10.8. The Morgan fingerprint density at radius 2 is 1.68 bits per heavy atom. The molecule has 0 aliphatic heterocycles. The van der Waals surface area contributed by atoms with Gasteiger partial charge in [0.25, 0.3) is 5.88 Å². The highest BCUT2D eigenvalue weighted by Gasteiger charge is 2.16. The number of anilines is 2. The van der Waals surface area contributed by atoms with E-state index in [2.05, 4.69) is 14.9 Å². The highest BCUT2D eigenvalue weighted by Crippen LogP contribution is 2.41. The summed E-state index contributed by atoms with van der Waals surface area (Å²) in [6.45, 7) is 0. The Morgan fingerprint density at radius 1 is 0.839 bits per heavy atom. The molecule has 4 rings (SSSR count). The Hall–Kier alpha value is -4.04. The van der Waals surface area contributed by atoms with Crippen LogP contribution in [0, 0.1) is 0 Å². The number of pyridine rings is 2. The van der Waals surface area contributed by atoms with E-state index in [0.717, 1.165) is 33.2 Å². The van der Waals surface area contributed by atoms with Gasteiger partial charge in [0.05, 0.1) is 32.5 Å². The van der Waals surface area contributed by atoms with Gasteiger partial charge in [-0.25, -0.2) is 9.97 Å². The van der Waals surface area contributed by atoms with Crippen molar-refractivity contribution in [2.24, 2.45) is 0 Å². The molecule has 0 saturated carbocycles. The minimum atomic E-state index is 0.217. The van der Waals surface area contributed by atoms with Crippen LogP contribution < -0.4 is 25.8 Å². The lowest BCUT2D eigenvalue weighted by atomic mass is 10.00. The number of ether oxygens (including phenoxy) is 2. The Kier molecular flexibility index (Phi) is 5.46. The van der Waals surface area contributed by atoms with E-state index in [1.165, 1.54) is 7.11 Å². The van der Waals surface area contributed by atoms with Crippen LogP contribution in [0.1, 0.15) is 0 Å². The van der Waals surface area contributed by atoms with E-state index in [9.17, 15) is 0 Å². The second-order valence-corrected chi connectivity index (χ2v) is 6.74. The molecule has 0 unspecified atom stereocenters. The molecule has 8 heteroatoms. The SMILES string of the molecule is COOc1ncc(-c2ccc3nc(N)c(-c4cccc(OC)c4OC)cc3c2)cc1N. The van der Waals surface area contributed by atoms with Crippen molar-refractivity contribution in [1.82, 2.24) is 9.97 Å². The Labute approximate surface area is 179 Å². The molecule has 2 heterocycles. The summed E-state index contributed by atoms with van der Waals surface area (Å²) in [4.78, 5) is 18.4. The Balaban J connectivity index is 1.83. The van der Waals surface area contributed by atoms with Gasteiger partial charge in [-0.3, -0.25) is 0 Å². The number of methoxy groups -OCH3 is 2. The van der Waals surface area contributed by atoms with Crippen LogP contribution in [0.3, 0.4) is 0 Å². The summed E-state index contributed by atoms with van der Waals surface area (Å²) >= 11 is 0. The van der Waals surface area contributed by atoms with E-state index >= 15 is 0 Å². The van der Waals surface area contributed by atoms with Crippen LogP contribution >= 0.6 is 0 Å². The number of benzene rings is 2. The summed E-state index contributed by atoms with van der Waals surface area (Å²) in [6.07, 6.45) is 1.67. The van der Waals surface area contributed by atoms with Gasteiger partial charge >= 0.3 is 0 Å². The number of nitrogens with zero attached hydrogens (tertiary/aromatic N) is 2. The predicted octanol–water partition coefficient (Wildman–Crippen LogP) is 4.09. The van der Waals surface area contributed by atoms with Crippen molar-refractivity contribution in [3.05, 3.63) is 54.7 Å². The predicted molar refractivity (Wildman–Crippen MR) is 120 cm³/mol. The molecule has 4 aromatic rings. The highest BCUT2D eigenvalue weighted by molar-refractivity contribution is 5.93. The van der Waals surface area contributed by atoms with E-state index in [0.29, 0.717) is 23.0 Å². The van der Waals surface area contributed by atoms with Crippen molar-refractivity contribution in [1.29, 1.82) is 0 Å². The number of hydrogen-bond donors (Lipinski definition) is 2. The number of nitrogens with two attached hydrogens (primary N) is 2. The smallest absolute Gasteiger partial charge is 0.279 e. The molecule has 0 saturated heterocycles. The van der Waals surface area contributed by atoms with Gasteiger partial charge in [0, 0.05) is 28.3 Å². The summed E-state index contributed by atoms with van der Waals surface area (Å²) in [5, 5.41) is 0.905. The molecule has 0 spiro atoms. The molecule has 0 atom stereocenters. The standard InChI is InChI=1S/C23H22N4O4/c1-28-20-6-4-5-16(21(20)29-2)17-10-14-9-13(7-8-19(14)27-22(17)25)15-11-18(24)23(26-12-15)31-30-3/h4-12H,24H2,1-3H3,(H2,25,27). The fourth-order valence-corrected chi connectivity index (χ4v) is 3.46. The van der Waals surface area contributed by atoms with Crippen molar-refractivity contribution in [2.75, 3.05) is 32.8 Å². The van der Waals surface area contributed by atoms with Crippen LogP contribution in [0.2, 0.25) is 0 Å². The number of nitrogen functional groups attached to an aromatic ring is 2. The van der Waals surface area contributed by atoms with Gasteiger partial charge in [-0.05, 0) is 35.9 Å². The lowest BCUT2D eigenvalue weighted by molar-refractivity contribution is -0.180. The topological polar surface area (TPSA) is 115 Å². The Morgan fingerprint density at radius 3 is 2.39 bits per heavy atom. The monoisotopic (exact) mass is 418 g/mol. The molecule has 0 aliphatic carbocycles. The third-order valence-corrected chi connectivity index (χ3v) is 4.91. The molecular formula is C23H22N4O4. The first kappa shape index (κ1) is 20.2. The summed E-state index contributed by atoms with van der Waals surface area (Å²) in [7, 11) is 4.59. The number of aromatic nitrogens is 2. The average molecular weight is 418 g/mol. The summed E-state index contributed by atoms with van der Waals surface area (Å²) in [5.41, 5.74) is 16.7. The first-order valence-corrected chi connectivity index (χ1v) is 9.44. The first-order valence-electron chi connectivity index (χ1n) is 9.44. The second-order valence-electron chi connectivity index (χ2n) is 6.74. The van der Waals surface area contributed by atoms with E-state index in [-0.39, 0.29) is 5.88 Å². The zero-order valence-electron chi connectivity index (χ0n) is 17.4. The molecule has 4 N–H and O–H groups in total. The molecule has 0 bridgehead atoms. The fourth-order valence-electron chi connectivity index (χ4n) is 3.46. The summed E-state index contributed by atoms with van der Waals surface area (Å²) in [6, 6.07) is 15.2. The van der Waals surface area contributed by atoms with Crippen LogP contribution in [-0.4, -0.2) is 31.3 Å². The fraction of sp³-hybridized carbons (Fsp3) is 0.130. The van der Waals surface area contributed by atoms with Crippen molar-refractivity contribution in [2.45, 2.75) is 0 Å². The maximum Gasteiger partial charge on any atom is 0.279 e. The molecule has 31 heavy (non-hydrogen) atoms. The lowest BCUT2D eigenvalue weighted by Gasteiger charge is -2.15. The molecule has 0 aliphatic rings. The Bertz CT molecular complexity index is 1260. The van der Waals surface area contributed by atoms with Gasteiger partial charge in [-0.15, -0.1) is 0 Å². The van der Waals surface area contributed by atoms with E-state index in [4.69, 9.17) is 25.8 Å². The molecule has 8 nitrogen and oxygen atoms in total. The zero-order chi connectivity index (χ0) is 22.0. The lowest BCUT2D eigenvalue weighted by Crippen LogP contribution is -1.99. The number of para-hydroxylation sites is 1. The minimum absolute atomic E-state index is 0.217. The maximum atomic E-state index is 6.29. The highest BCUT2D eigenvalue weighted by atomic mass is 17.2. The van der Waals surface area contributed by atoms with Crippen molar-refractivity contribution in [3.8, 4) is 39.6 Å². The van der Waals surface area contributed by atoms with Gasteiger partial charge in [0.2, 0.25) is 0 Å². The third kappa shape index (κ3) is 3.76. The van der Waals surface area contributed by atoms with Crippen molar-refractivity contribution < 1.29 is 19.2 Å². The van der Waals surface area contributed by atoms with Crippen LogP contribution in [0.4, 0.5) is 11.5 Å². The second kappa shape index (κ2) is 8.37. The largest absolute Gasteiger partial charge is 0.493 e. The van der Waals surface area contributed by atoms with Crippen molar-refractivity contribution >= 4 is 22.4 Å². The molecular weight excluding hydrogens is 396 g/mol. The molecule has 0 radical (unpaired) electrons. The number of fused-ring (bicyclic) bond motifs is 1. The first-order chi connectivity index (χ1) is 15.0. The number of hydrogen-bond acceptors (Lipinski definition) is 8. The average Bonchev–Trinajstić information content (AvgIpc) is 2.79.